The van der Waals surface area contributed by atoms with Crippen LogP contribution in [0.2, 0.25) is 0 Å². The number of sulfonamides is 1. The number of carbonyl (C=O) groups is 1. The van der Waals surface area contributed by atoms with Crippen LogP contribution < -0.4 is 0 Å². The Kier molecular flexibility index (Phi) is 4.56. The predicted octanol–water partition coefficient (Wildman–Crippen LogP) is 2.95. The lowest BCUT2D eigenvalue weighted by molar-refractivity contribution is -0.115. The van der Waals surface area contributed by atoms with Crippen molar-refractivity contribution in [2.45, 2.75) is 29.5 Å². The molecule has 0 fully saturated rings. The van der Waals surface area contributed by atoms with Crippen LogP contribution in [-0.4, -0.2) is 30.7 Å². The highest BCUT2D eigenvalue weighted by atomic mass is 35.5. The molecular weight excluding hydrogens is 333 g/mol. The molecule has 4 nitrogen and oxygen atoms in total. The number of halogens is 2. The van der Waals surface area contributed by atoms with Gasteiger partial charge >= 0.3 is 0 Å². The number of hydrogen-bond donors (Lipinski definition) is 0. The Morgan fingerprint density at radius 3 is 2.14 bits per heavy atom. The van der Waals surface area contributed by atoms with Crippen LogP contribution in [0.5, 0.6) is 0 Å². The van der Waals surface area contributed by atoms with E-state index < -0.39 is 20.8 Å². The third-order valence-corrected chi connectivity index (χ3v) is 5.69. The topological polar surface area (TPSA) is 63.6 Å². The average Bonchev–Trinajstić information content (AvgIpc) is 2.48. The van der Waals surface area contributed by atoms with Crippen molar-refractivity contribution in [3.8, 4) is 0 Å². The molecule has 0 saturated heterocycles. The molecular formula is C14H13Cl2NO3S. The summed E-state index contributed by atoms with van der Waals surface area (Å²) in [5.74, 6) is -0.301. The molecule has 0 aliphatic heterocycles. The number of allylic oxidation sites excluding steroid dienone is 2. The zero-order chi connectivity index (χ0) is 15.8. The second kappa shape index (κ2) is 5.91. The van der Waals surface area contributed by atoms with Crippen LogP contribution in [0.3, 0.4) is 0 Å². The molecule has 2 rings (SSSR count). The zero-order valence-corrected chi connectivity index (χ0v) is 13.7. The summed E-state index contributed by atoms with van der Waals surface area (Å²) >= 11 is 12.1. The molecule has 7 heteroatoms. The largest absolute Gasteiger partial charge is 0.293 e. The first-order valence-electron chi connectivity index (χ1n) is 6.16. The Bertz CT molecular complexity index is 739. The van der Waals surface area contributed by atoms with Crippen LogP contribution in [0.4, 0.5) is 0 Å². The van der Waals surface area contributed by atoms with E-state index in [1.807, 2.05) is 0 Å². The first-order chi connectivity index (χ1) is 9.75. The van der Waals surface area contributed by atoms with Gasteiger partial charge in [0.2, 0.25) is 0 Å². The summed E-state index contributed by atoms with van der Waals surface area (Å²) in [5.41, 5.74) is 0.961. The Hall–Kier alpha value is -1.17. The van der Waals surface area contributed by atoms with Crippen molar-refractivity contribution in [2.24, 2.45) is 4.40 Å². The SMILES string of the molecule is CC1=C(C)/C(=N/S(=O)(=O)c2ccccc2)C(Cl)C(Cl)C1=O. The summed E-state index contributed by atoms with van der Waals surface area (Å²) in [6, 6.07) is 7.81. The van der Waals surface area contributed by atoms with Gasteiger partial charge in [-0.15, -0.1) is 23.2 Å². The number of hydrogen-bond acceptors (Lipinski definition) is 3. The van der Waals surface area contributed by atoms with Gasteiger partial charge in [0, 0.05) is 0 Å². The fourth-order valence-corrected chi connectivity index (χ4v) is 3.74. The van der Waals surface area contributed by atoms with Crippen molar-refractivity contribution < 1.29 is 13.2 Å². The highest BCUT2D eigenvalue weighted by molar-refractivity contribution is 7.90. The first kappa shape index (κ1) is 16.2. The number of rotatable bonds is 2. The molecule has 0 amide bonds. The van der Waals surface area contributed by atoms with Crippen molar-refractivity contribution in [3.63, 3.8) is 0 Å². The van der Waals surface area contributed by atoms with Gasteiger partial charge < -0.3 is 0 Å². The Labute approximate surface area is 133 Å². The van der Waals surface area contributed by atoms with Gasteiger partial charge in [-0.1, -0.05) is 18.2 Å². The molecule has 0 spiro atoms. The fourth-order valence-electron chi connectivity index (χ4n) is 1.96. The highest BCUT2D eigenvalue weighted by Gasteiger charge is 2.37. The lowest BCUT2D eigenvalue weighted by Crippen LogP contribution is -2.39. The third-order valence-electron chi connectivity index (χ3n) is 3.34. The summed E-state index contributed by atoms with van der Waals surface area (Å²) in [4.78, 5) is 11.9. The van der Waals surface area contributed by atoms with E-state index in [0.717, 1.165) is 0 Å². The monoisotopic (exact) mass is 345 g/mol. The fraction of sp³-hybridized carbons (Fsp3) is 0.286. The van der Waals surface area contributed by atoms with E-state index in [4.69, 9.17) is 23.2 Å². The molecule has 0 bridgehead atoms. The van der Waals surface area contributed by atoms with E-state index in [0.29, 0.717) is 11.1 Å². The summed E-state index contributed by atoms with van der Waals surface area (Å²) in [6.45, 7) is 3.20. The number of carbonyl (C=O) groups excluding carboxylic acids is 1. The summed E-state index contributed by atoms with van der Waals surface area (Å²) in [6.07, 6.45) is 0. The Morgan fingerprint density at radius 2 is 1.57 bits per heavy atom. The van der Waals surface area contributed by atoms with Gasteiger partial charge in [-0.3, -0.25) is 4.79 Å². The minimum absolute atomic E-state index is 0.0647. The molecule has 1 aromatic carbocycles. The lowest BCUT2D eigenvalue weighted by atomic mass is 9.90. The van der Waals surface area contributed by atoms with E-state index >= 15 is 0 Å². The van der Waals surface area contributed by atoms with Gasteiger partial charge in [0.05, 0.1) is 10.6 Å². The van der Waals surface area contributed by atoms with Crippen molar-refractivity contribution in [1.29, 1.82) is 0 Å². The maximum Gasteiger partial charge on any atom is 0.282 e. The van der Waals surface area contributed by atoms with Crippen LogP contribution in [0, 0.1) is 0 Å². The maximum atomic E-state index is 12.3. The molecule has 0 N–H and O–H groups in total. The first-order valence-corrected chi connectivity index (χ1v) is 8.47. The highest BCUT2D eigenvalue weighted by Crippen LogP contribution is 2.29. The molecule has 2 atom stereocenters. The predicted molar refractivity (Wildman–Crippen MR) is 83.7 cm³/mol. The molecule has 0 saturated carbocycles. The van der Waals surface area contributed by atoms with Gasteiger partial charge in [0.15, 0.2) is 5.78 Å². The average molecular weight is 346 g/mol. The van der Waals surface area contributed by atoms with E-state index in [-0.39, 0.29) is 16.4 Å². The number of alkyl halides is 2. The summed E-state index contributed by atoms with van der Waals surface area (Å²) in [7, 11) is -3.89. The minimum atomic E-state index is -3.89. The molecule has 1 aliphatic carbocycles. The standard InChI is InChI=1S/C14H13Cl2NO3S/c1-8-9(2)14(18)12(16)11(15)13(8)17-21(19,20)10-6-4-3-5-7-10/h3-7,11-12H,1-2H3/b17-13-. The molecule has 1 aliphatic rings. The Balaban J connectivity index is 2.57. The normalized spacial score (nSPS) is 25.5. The van der Waals surface area contributed by atoms with Gasteiger partial charge in [0.1, 0.15) is 10.8 Å². The zero-order valence-electron chi connectivity index (χ0n) is 11.4. The van der Waals surface area contributed by atoms with Crippen molar-refractivity contribution >= 4 is 44.7 Å². The van der Waals surface area contributed by atoms with Crippen LogP contribution in [0.1, 0.15) is 13.8 Å². The molecule has 2 unspecified atom stereocenters. The van der Waals surface area contributed by atoms with Gasteiger partial charge in [-0.05, 0) is 37.1 Å². The smallest absolute Gasteiger partial charge is 0.282 e. The van der Waals surface area contributed by atoms with Gasteiger partial charge in [-0.25, -0.2) is 0 Å². The van der Waals surface area contributed by atoms with Crippen LogP contribution in [0.15, 0.2) is 50.8 Å². The number of benzene rings is 1. The van der Waals surface area contributed by atoms with E-state index in [1.54, 1.807) is 32.0 Å². The number of ketones is 1. The minimum Gasteiger partial charge on any atom is -0.293 e. The summed E-state index contributed by atoms with van der Waals surface area (Å²) < 4.78 is 28.4. The molecule has 112 valence electrons. The molecule has 21 heavy (non-hydrogen) atoms. The van der Waals surface area contributed by atoms with Gasteiger partial charge in [0.25, 0.3) is 10.0 Å². The summed E-state index contributed by atoms with van der Waals surface area (Å²) in [5, 5.41) is -1.98. The van der Waals surface area contributed by atoms with Crippen molar-refractivity contribution in [1.82, 2.24) is 0 Å². The maximum absolute atomic E-state index is 12.3. The van der Waals surface area contributed by atoms with Gasteiger partial charge in [-0.2, -0.15) is 12.8 Å². The van der Waals surface area contributed by atoms with E-state index in [2.05, 4.69) is 4.40 Å². The molecule has 1 aromatic rings. The van der Waals surface area contributed by atoms with Crippen molar-refractivity contribution in [3.05, 3.63) is 41.5 Å². The molecule has 0 heterocycles. The molecule has 0 aromatic heterocycles. The number of nitrogens with zero attached hydrogens (tertiary/aromatic N) is 1. The second-order valence-corrected chi connectivity index (χ2v) is 7.23. The van der Waals surface area contributed by atoms with Crippen LogP contribution in [-0.2, 0) is 14.8 Å². The molecule has 0 radical (unpaired) electrons. The Morgan fingerprint density at radius 1 is 1.00 bits per heavy atom. The van der Waals surface area contributed by atoms with Crippen LogP contribution >= 0.6 is 23.2 Å². The second-order valence-electron chi connectivity index (χ2n) is 4.68. The van der Waals surface area contributed by atoms with E-state index in [9.17, 15) is 13.2 Å². The quantitative estimate of drug-likeness (QED) is 0.774. The van der Waals surface area contributed by atoms with E-state index in [1.165, 1.54) is 12.1 Å². The lowest BCUT2D eigenvalue weighted by Gasteiger charge is -2.25. The van der Waals surface area contributed by atoms with Crippen molar-refractivity contribution in [2.75, 3.05) is 0 Å². The number of Topliss-reactive ketones (excluding diaryl/α,β-unsaturated/α-hetero) is 1. The third kappa shape index (κ3) is 3.05. The van der Waals surface area contributed by atoms with Crippen LogP contribution in [0.25, 0.3) is 0 Å².